The molecule has 3 aliphatic rings. The van der Waals surface area contributed by atoms with Crippen LogP contribution in [0.2, 0.25) is 0 Å². The van der Waals surface area contributed by atoms with Crippen LogP contribution in [0.3, 0.4) is 0 Å². The van der Waals surface area contributed by atoms with Gasteiger partial charge in [-0.3, -0.25) is 4.79 Å². The molecule has 2 heterocycles. The minimum Gasteiger partial charge on any atom is -0.299 e. The lowest BCUT2D eigenvalue weighted by Gasteiger charge is -2.35. The minimum absolute atomic E-state index is 0.277. The van der Waals surface area contributed by atoms with Crippen LogP contribution in [-0.2, 0) is 4.79 Å². The fourth-order valence-corrected chi connectivity index (χ4v) is 3.32. The van der Waals surface area contributed by atoms with E-state index in [1.807, 2.05) is 11.8 Å². The van der Waals surface area contributed by atoms with E-state index in [0.29, 0.717) is 17.0 Å². The number of hydrogen-bond donors (Lipinski definition) is 0. The van der Waals surface area contributed by atoms with Crippen LogP contribution in [0.5, 0.6) is 0 Å². The van der Waals surface area contributed by atoms with Gasteiger partial charge in [0.1, 0.15) is 5.78 Å². The Kier molecular flexibility index (Phi) is 1.80. The number of rotatable bonds is 1. The monoisotopic (exact) mass is 168 g/mol. The quantitative estimate of drug-likeness (QED) is 0.557. The summed E-state index contributed by atoms with van der Waals surface area (Å²) in [6.07, 6.45) is 6.99. The van der Waals surface area contributed by atoms with Gasteiger partial charge in [0.2, 0.25) is 0 Å². The predicted molar refractivity (Wildman–Crippen MR) is 47.7 cm³/mol. The number of ketones is 1. The van der Waals surface area contributed by atoms with Crippen LogP contribution in [0.25, 0.3) is 0 Å². The SMILES string of the molecule is CC(=O)[C@@H]1S[C@H]2C=C[C@H]1CC2. The second kappa shape index (κ2) is 2.67. The maximum absolute atomic E-state index is 11.1. The molecule has 1 saturated heterocycles. The van der Waals surface area contributed by atoms with Crippen molar-refractivity contribution in [3.63, 3.8) is 0 Å². The van der Waals surface area contributed by atoms with Gasteiger partial charge in [0.05, 0.1) is 5.25 Å². The van der Waals surface area contributed by atoms with Gasteiger partial charge in [-0.1, -0.05) is 12.2 Å². The van der Waals surface area contributed by atoms with Gasteiger partial charge in [0.25, 0.3) is 0 Å². The standard InChI is InChI=1S/C9H12OS/c1-6(10)9-7-2-4-8(11-9)5-3-7/h2,4,7-9H,3,5H2,1H3/t7-,8-,9-/m0/s1. The number of hydrogen-bond acceptors (Lipinski definition) is 2. The van der Waals surface area contributed by atoms with Gasteiger partial charge in [-0.2, -0.15) is 0 Å². The summed E-state index contributed by atoms with van der Waals surface area (Å²) in [5.74, 6) is 0.900. The number of fused-ring (bicyclic) bond motifs is 2. The Morgan fingerprint density at radius 1 is 1.45 bits per heavy atom. The van der Waals surface area contributed by atoms with Gasteiger partial charge < -0.3 is 0 Å². The van der Waals surface area contributed by atoms with Gasteiger partial charge in [-0.25, -0.2) is 0 Å². The molecular formula is C9H12OS. The highest BCUT2D eigenvalue weighted by atomic mass is 32.2. The summed E-state index contributed by atoms with van der Waals surface area (Å²) in [6.45, 7) is 1.71. The van der Waals surface area contributed by atoms with Crippen molar-refractivity contribution in [3.05, 3.63) is 12.2 Å². The van der Waals surface area contributed by atoms with Crippen molar-refractivity contribution in [2.75, 3.05) is 0 Å². The molecule has 0 unspecified atom stereocenters. The fourth-order valence-electron chi connectivity index (χ4n) is 1.87. The van der Waals surface area contributed by atoms with E-state index in [-0.39, 0.29) is 5.25 Å². The predicted octanol–water partition coefficient (Wildman–Crippen LogP) is 2.03. The van der Waals surface area contributed by atoms with Crippen LogP contribution >= 0.6 is 11.8 Å². The largest absolute Gasteiger partial charge is 0.299 e. The first-order chi connectivity index (χ1) is 5.27. The smallest absolute Gasteiger partial charge is 0.143 e. The van der Waals surface area contributed by atoms with Crippen molar-refractivity contribution in [1.29, 1.82) is 0 Å². The van der Waals surface area contributed by atoms with Crippen LogP contribution in [-0.4, -0.2) is 16.3 Å². The van der Waals surface area contributed by atoms with Crippen LogP contribution in [0.1, 0.15) is 19.8 Å². The highest BCUT2D eigenvalue weighted by Crippen LogP contribution is 2.41. The topological polar surface area (TPSA) is 17.1 Å². The van der Waals surface area contributed by atoms with E-state index in [2.05, 4.69) is 12.2 Å². The van der Waals surface area contributed by atoms with E-state index >= 15 is 0 Å². The first kappa shape index (κ1) is 7.41. The van der Waals surface area contributed by atoms with E-state index in [1.165, 1.54) is 12.8 Å². The molecule has 0 amide bonds. The van der Waals surface area contributed by atoms with E-state index in [4.69, 9.17) is 0 Å². The average molecular weight is 168 g/mol. The second-order valence-corrected chi connectivity index (χ2v) is 4.72. The second-order valence-electron chi connectivity index (χ2n) is 3.33. The Morgan fingerprint density at radius 2 is 2.27 bits per heavy atom. The lowest BCUT2D eigenvalue weighted by molar-refractivity contribution is -0.117. The molecule has 3 rings (SSSR count). The minimum atomic E-state index is 0.277. The third-order valence-corrected chi connectivity index (χ3v) is 4.19. The summed E-state index contributed by atoms with van der Waals surface area (Å²) in [5, 5.41) is 0.910. The summed E-state index contributed by atoms with van der Waals surface area (Å²) in [7, 11) is 0. The van der Waals surface area contributed by atoms with Crippen molar-refractivity contribution in [2.24, 2.45) is 5.92 Å². The number of allylic oxidation sites excluding steroid dienone is 1. The Labute approximate surface area is 71.2 Å². The molecule has 0 N–H and O–H groups in total. The maximum Gasteiger partial charge on any atom is 0.143 e. The number of carbonyl (C=O) groups is 1. The normalized spacial score (nSPS) is 41.0. The first-order valence-corrected chi connectivity index (χ1v) is 5.06. The molecule has 0 saturated carbocycles. The summed E-state index contributed by atoms with van der Waals surface area (Å²) in [5.41, 5.74) is 0. The lowest BCUT2D eigenvalue weighted by atomic mass is 9.90. The van der Waals surface area contributed by atoms with Gasteiger partial charge in [-0.15, -0.1) is 11.8 Å². The number of carbonyl (C=O) groups excluding carboxylic acids is 1. The van der Waals surface area contributed by atoms with Crippen molar-refractivity contribution in [2.45, 2.75) is 30.3 Å². The van der Waals surface area contributed by atoms with Gasteiger partial charge >= 0.3 is 0 Å². The zero-order chi connectivity index (χ0) is 7.84. The molecule has 2 bridgehead atoms. The lowest BCUT2D eigenvalue weighted by Crippen LogP contribution is -2.33. The van der Waals surface area contributed by atoms with Crippen LogP contribution in [0.4, 0.5) is 0 Å². The third kappa shape index (κ3) is 1.24. The zero-order valence-corrected chi connectivity index (χ0v) is 7.43. The van der Waals surface area contributed by atoms with Crippen molar-refractivity contribution in [3.8, 4) is 0 Å². The molecule has 1 fully saturated rings. The first-order valence-electron chi connectivity index (χ1n) is 4.11. The Bertz CT molecular complexity index is 210. The summed E-state index contributed by atoms with van der Waals surface area (Å²) >= 11 is 1.85. The highest BCUT2D eigenvalue weighted by Gasteiger charge is 2.34. The highest BCUT2D eigenvalue weighted by molar-refractivity contribution is 8.01. The molecule has 11 heavy (non-hydrogen) atoms. The molecular weight excluding hydrogens is 156 g/mol. The van der Waals surface area contributed by atoms with Crippen molar-refractivity contribution >= 4 is 17.5 Å². The molecule has 0 aromatic rings. The molecule has 1 aliphatic carbocycles. The molecule has 3 atom stereocenters. The van der Waals surface area contributed by atoms with E-state index in [0.717, 1.165) is 0 Å². The van der Waals surface area contributed by atoms with Crippen LogP contribution in [0, 0.1) is 5.92 Å². The van der Waals surface area contributed by atoms with E-state index in [1.54, 1.807) is 6.92 Å². The van der Waals surface area contributed by atoms with E-state index in [9.17, 15) is 4.79 Å². The van der Waals surface area contributed by atoms with Crippen molar-refractivity contribution < 1.29 is 4.79 Å². The molecule has 1 nitrogen and oxygen atoms in total. The Balaban J connectivity index is 2.17. The summed E-state index contributed by atoms with van der Waals surface area (Å²) in [4.78, 5) is 11.1. The molecule has 0 aromatic heterocycles. The molecule has 60 valence electrons. The third-order valence-electron chi connectivity index (χ3n) is 2.47. The Morgan fingerprint density at radius 3 is 2.55 bits per heavy atom. The molecule has 0 aromatic carbocycles. The number of thioether (sulfide) groups is 1. The summed E-state index contributed by atoms with van der Waals surface area (Å²) in [6, 6.07) is 0. The van der Waals surface area contributed by atoms with Crippen molar-refractivity contribution in [1.82, 2.24) is 0 Å². The van der Waals surface area contributed by atoms with Gasteiger partial charge in [-0.05, 0) is 25.7 Å². The van der Waals surface area contributed by atoms with Gasteiger partial charge in [0, 0.05) is 5.25 Å². The Hall–Kier alpha value is -0.240. The molecule has 2 heteroatoms. The molecule has 0 spiro atoms. The average Bonchev–Trinajstić information content (AvgIpc) is 2.06. The maximum atomic E-state index is 11.1. The van der Waals surface area contributed by atoms with Crippen LogP contribution in [0.15, 0.2) is 12.2 Å². The fraction of sp³-hybridized carbons (Fsp3) is 0.667. The van der Waals surface area contributed by atoms with Gasteiger partial charge in [0.15, 0.2) is 0 Å². The zero-order valence-electron chi connectivity index (χ0n) is 6.62. The van der Waals surface area contributed by atoms with E-state index < -0.39 is 0 Å². The molecule has 2 aliphatic heterocycles. The van der Waals surface area contributed by atoms with Crippen LogP contribution < -0.4 is 0 Å². The molecule has 0 radical (unpaired) electrons. The summed E-state index contributed by atoms with van der Waals surface area (Å²) < 4.78 is 0. The number of Topliss-reactive ketones (excluding diaryl/α,β-unsaturated/α-hetero) is 1.